The summed E-state index contributed by atoms with van der Waals surface area (Å²) in [5.41, 5.74) is 0.490. The Kier molecular flexibility index (Phi) is 4.12. The van der Waals surface area contributed by atoms with Crippen molar-refractivity contribution in [3.05, 3.63) is 23.8 Å². The number of hydrogen-bond donors (Lipinski definition) is 1. The van der Waals surface area contributed by atoms with Crippen LogP contribution in [0.4, 0.5) is 0 Å². The molecule has 0 saturated carbocycles. The topological polar surface area (TPSA) is 63.6 Å². The number of hydrogen-bond acceptors (Lipinski definition) is 3. The molecule has 0 amide bonds. The Hall–Kier alpha value is -0.590. The zero-order chi connectivity index (χ0) is 11.5. The molecule has 0 radical (unpaired) electrons. The Labute approximate surface area is 97.1 Å². The van der Waals surface area contributed by atoms with Crippen LogP contribution in [0.2, 0.25) is 0 Å². The third-order valence-corrected chi connectivity index (χ3v) is 3.10. The fourth-order valence-corrected chi connectivity index (χ4v) is 2.01. The maximum atomic E-state index is 11.0. The van der Waals surface area contributed by atoms with E-state index >= 15 is 0 Å². The highest BCUT2D eigenvalue weighted by atomic mass is 79.9. The molecular formula is C9H11BrO4S. The largest absolute Gasteiger partial charge is 0.493 e. The van der Waals surface area contributed by atoms with Crippen molar-refractivity contribution in [3.8, 4) is 5.75 Å². The molecule has 0 saturated heterocycles. The summed E-state index contributed by atoms with van der Waals surface area (Å²) in [4.78, 5) is -0.116. The van der Waals surface area contributed by atoms with Crippen molar-refractivity contribution < 1.29 is 17.7 Å². The van der Waals surface area contributed by atoms with Gasteiger partial charge in [0.25, 0.3) is 10.1 Å². The van der Waals surface area contributed by atoms with Gasteiger partial charge >= 0.3 is 0 Å². The second-order valence-corrected chi connectivity index (χ2v) is 5.12. The molecule has 4 nitrogen and oxygen atoms in total. The normalized spacial score (nSPS) is 11.4. The Morgan fingerprint density at radius 2 is 2.13 bits per heavy atom. The van der Waals surface area contributed by atoms with Crippen LogP contribution in [0.1, 0.15) is 5.56 Å². The van der Waals surface area contributed by atoms with Gasteiger partial charge < -0.3 is 4.74 Å². The molecule has 0 bridgehead atoms. The van der Waals surface area contributed by atoms with Crippen LogP contribution in [0, 0.1) is 6.92 Å². The number of rotatable bonds is 4. The van der Waals surface area contributed by atoms with Crippen LogP contribution in [0.3, 0.4) is 0 Å². The number of benzene rings is 1. The maximum Gasteiger partial charge on any atom is 0.294 e. The average Bonchev–Trinajstić information content (AvgIpc) is 2.15. The van der Waals surface area contributed by atoms with Gasteiger partial charge in [-0.25, -0.2) is 0 Å². The molecule has 15 heavy (non-hydrogen) atoms. The lowest BCUT2D eigenvalue weighted by molar-refractivity contribution is 0.343. The zero-order valence-corrected chi connectivity index (χ0v) is 10.5. The average molecular weight is 295 g/mol. The summed E-state index contributed by atoms with van der Waals surface area (Å²) in [7, 11) is -4.17. The first-order valence-electron chi connectivity index (χ1n) is 4.22. The van der Waals surface area contributed by atoms with Crippen molar-refractivity contribution in [3.63, 3.8) is 0 Å². The van der Waals surface area contributed by atoms with Gasteiger partial charge in [-0.2, -0.15) is 8.42 Å². The van der Waals surface area contributed by atoms with Crippen LogP contribution in [0.5, 0.6) is 5.75 Å². The van der Waals surface area contributed by atoms with E-state index in [4.69, 9.17) is 9.29 Å². The summed E-state index contributed by atoms with van der Waals surface area (Å²) >= 11 is 3.19. The van der Waals surface area contributed by atoms with Gasteiger partial charge in [0, 0.05) is 11.4 Å². The smallest absolute Gasteiger partial charge is 0.294 e. The van der Waals surface area contributed by atoms with E-state index in [-0.39, 0.29) is 4.90 Å². The summed E-state index contributed by atoms with van der Waals surface area (Å²) in [5.74, 6) is 0.424. The van der Waals surface area contributed by atoms with Gasteiger partial charge in [-0.15, -0.1) is 0 Å². The Bertz CT molecular complexity index is 441. The summed E-state index contributed by atoms with van der Waals surface area (Å²) in [6.45, 7) is 2.05. The summed E-state index contributed by atoms with van der Waals surface area (Å²) in [6, 6.07) is 4.56. The minimum atomic E-state index is -4.17. The first kappa shape index (κ1) is 12.5. The molecule has 0 spiro atoms. The minimum Gasteiger partial charge on any atom is -0.493 e. The third kappa shape index (κ3) is 3.48. The second-order valence-electron chi connectivity index (χ2n) is 2.94. The van der Waals surface area contributed by atoms with Gasteiger partial charge in [0.2, 0.25) is 0 Å². The first-order valence-corrected chi connectivity index (χ1v) is 6.78. The van der Waals surface area contributed by atoms with E-state index in [1.165, 1.54) is 6.07 Å². The molecule has 6 heteroatoms. The van der Waals surface area contributed by atoms with E-state index in [2.05, 4.69) is 15.9 Å². The lowest BCUT2D eigenvalue weighted by Gasteiger charge is -2.07. The zero-order valence-electron chi connectivity index (χ0n) is 8.10. The van der Waals surface area contributed by atoms with Crippen molar-refractivity contribution in [2.45, 2.75) is 11.8 Å². The Balaban J connectivity index is 3.06. The molecule has 1 rings (SSSR count). The van der Waals surface area contributed by atoms with Crippen LogP contribution in [0.15, 0.2) is 23.1 Å². The fraction of sp³-hybridized carbons (Fsp3) is 0.333. The van der Waals surface area contributed by atoms with E-state index in [9.17, 15) is 8.42 Å². The van der Waals surface area contributed by atoms with E-state index in [0.29, 0.717) is 23.2 Å². The van der Waals surface area contributed by atoms with Gasteiger partial charge in [0.05, 0.1) is 6.61 Å². The Morgan fingerprint density at radius 3 is 2.67 bits per heavy atom. The molecule has 0 aliphatic carbocycles. The number of halogens is 1. The molecule has 84 valence electrons. The van der Waals surface area contributed by atoms with Crippen LogP contribution in [-0.2, 0) is 10.1 Å². The van der Waals surface area contributed by atoms with Gasteiger partial charge in [-0.1, -0.05) is 22.0 Å². The number of ether oxygens (including phenoxy) is 1. The van der Waals surface area contributed by atoms with Gasteiger partial charge in [-0.05, 0) is 18.6 Å². The van der Waals surface area contributed by atoms with E-state index in [0.717, 1.165) is 0 Å². The number of aryl methyl sites for hydroxylation is 1. The van der Waals surface area contributed by atoms with Crippen molar-refractivity contribution in [1.29, 1.82) is 0 Å². The van der Waals surface area contributed by atoms with Crippen LogP contribution in [-0.4, -0.2) is 24.9 Å². The summed E-state index contributed by atoms with van der Waals surface area (Å²) in [5, 5.41) is 0.655. The van der Waals surface area contributed by atoms with Gasteiger partial charge in [0.1, 0.15) is 10.6 Å². The third-order valence-electron chi connectivity index (χ3n) is 1.78. The van der Waals surface area contributed by atoms with Gasteiger partial charge in [0.15, 0.2) is 0 Å². The van der Waals surface area contributed by atoms with E-state index in [1.54, 1.807) is 19.1 Å². The van der Waals surface area contributed by atoms with E-state index in [1.807, 2.05) is 0 Å². The highest BCUT2D eigenvalue weighted by Gasteiger charge is 2.13. The van der Waals surface area contributed by atoms with Gasteiger partial charge in [-0.3, -0.25) is 4.55 Å². The predicted octanol–water partition coefficient (Wildman–Crippen LogP) is 2.02. The monoisotopic (exact) mass is 294 g/mol. The fourth-order valence-electron chi connectivity index (χ4n) is 1.10. The molecule has 0 aliphatic heterocycles. The maximum absolute atomic E-state index is 11.0. The second kappa shape index (κ2) is 4.96. The molecule has 0 aromatic heterocycles. The van der Waals surface area contributed by atoms with Crippen LogP contribution < -0.4 is 4.74 Å². The van der Waals surface area contributed by atoms with E-state index < -0.39 is 10.1 Å². The molecule has 1 N–H and O–H groups in total. The lowest BCUT2D eigenvalue weighted by atomic mass is 10.2. The van der Waals surface area contributed by atoms with Crippen LogP contribution in [0.25, 0.3) is 0 Å². The number of alkyl halides is 1. The molecule has 0 unspecified atom stereocenters. The molecule has 0 fully saturated rings. The lowest BCUT2D eigenvalue weighted by Crippen LogP contribution is -2.03. The Morgan fingerprint density at radius 1 is 1.47 bits per heavy atom. The molecule has 1 aromatic carbocycles. The standard InChI is InChI=1S/C9H11BrO4S/c1-7-2-3-8(14-5-4-10)6-9(7)15(11,12)13/h2-3,6H,4-5H2,1H3,(H,11,12,13). The van der Waals surface area contributed by atoms with Crippen molar-refractivity contribution in [2.24, 2.45) is 0 Å². The van der Waals surface area contributed by atoms with Crippen molar-refractivity contribution in [1.82, 2.24) is 0 Å². The molecule has 1 aromatic rings. The summed E-state index contributed by atoms with van der Waals surface area (Å²) in [6.07, 6.45) is 0. The molecule has 0 heterocycles. The minimum absolute atomic E-state index is 0.116. The van der Waals surface area contributed by atoms with Crippen molar-refractivity contribution in [2.75, 3.05) is 11.9 Å². The van der Waals surface area contributed by atoms with Crippen molar-refractivity contribution >= 4 is 26.0 Å². The molecule has 0 atom stereocenters. The highest BCUT2D eigenvalue weighted by Crippen LogP contribution is 2.21. The SMILES string of the molecule is Cc1ccc(OCCBr)cc1S(=O)(=O)O. The first-order chi connectivity index (χ1) is 6.95. The predicted molar refractivity (Wildman–Crippen MR) is 60.3 cm³/mol. The summed E-state index contributed by atoms with van der Waals surface area (Å²) < 4.78 is 36.1. The molecule has 0 aliphatic rings. The quantitative estimate of drug-likeness (QED) is 0.682. The molecular weight excluding hydrogens is 284 g/mol. The van der Waals surface area contributed by atoms with Crippen LogP contribution >= 0.6 is 15.9 Å². The highest BCUT2D eigenvalue weighted by molar-refractivity contribution is 9.09.